The van der Waals surface area contributed by atoms with Gasteiger partial charge in [0.2, 0.25) is 0 Å². The van der Waals surface area contributed by atoms with Crippen molar-refractivity contribution in [2.45, 2.75) is 17.2 Å². The largest absolute Gasteiger partial charge is 0.481 e. The Morgan fingerprint density at radius 3 is 2.78 bits per heavy atom. The molecule has 0 aliphatic carbocycles. The van der Waals surface area contributed by atoms with Gasteiger partial charge in [-0.3, -0.25) is 14.1 Å². The Labute approximate surface area is 132 Å². The second kappa shape index (κ2) is 5.62. The van der Waals surface area contributed by atoms with Crippen molar-refractivity contribution in [2.75, 3.05) is 10.8 Å². The van der Waals surface area contributed by atoms with E-state index in [2.05, 4.69) is 4.98 Å². The lowest BCUT2D eigenvalue weighted by Gasteiger charge is -2.19. The lowest BCUT2D eigenvalue weighted by Crippen LogP contribution is -2.30. The molecular formula is C15H13FN2O4S. The average Bonchev–Trinajstić information content (AvgIpc) is 2.86. The van der Waals surface area contributed by atoms with Crippen LogP contribution in [0.2, 0.25) is 0 Å². The smallest absolute Gasteiger partial charge is 0.304 e. The Morgan fingerprint density at radius 2 is 2.09 bits per heavy atom. The molecule has 0 bridgehead atoms. The van der Waals surface area contributed by atoms with Crippen LogP contribution in [-0.4, -0.2) is 31.0 Å². The number of hydrogen-bond acceptors (Lipinski definition) is 4. The Morgan fingerprint density at radius 1 is 1.35 bits per heavy atom. The third-order valence-corrected chi connectivity index (χ3v) is 5.47. The topological polar surface area (TPSA) is 87.6 Å². The molecule has 23 heavy (non-hydrogen) atoms. The number of rotatable bonds is 4. The molecule has 2 heterocycles. The molecule has 1 N–H and O–H groups in total. The second-order valence-electron chi connectivity index (χ2n) is 5.23. The molecule has 8 heteroatoms. The molecule has 0 radical (unpaired) electrons. The molecule has 0 amide bonds. The number of carboxylic acids is 1. The summed E-state index contributed by atoms with van der Waals surface area (Å²) in [7, 11) is -4.01. The Bertz CT molecular complexity index is 869. The van der Waals surface area contributed by atoms with Crippen LogP contribution >= 0.6 is 0 Å². The molecule has 2 aromatic rings. The van der Waals surface area contributed by atoms with Crippen molar-refractivity contribution >= 4 is 21.7 Å². The highest BCUT2D eigenvalue weighted by atomic mass is 32.2. The van der Waals surface area contributed by atoms with Crippen LogP contribution in [-0.2, 0) is 14.8 Å². The molecule has 0 spiro atoms. The second-order valence-corrected chi connectivity index (χ2v) is 7.09. The normalized spacial score (nSPS) is 17.1. The van der Waals surface area contributed by atoms with Gasteiger partial charge in [-0.25, -0.2) is 12.8 Å². The number of hydrogen-bond donors (Lipinski definition) is 1. The van der Waals surface area contributed by atoms with Gasteiger partial charge in [-0.05, 0) is 17.7 Å². The van der Waals surface area contributed by atoms with Crippen molar-refractivity contribution in [3.8, 4) is 0 Å². The fourth-order valence-electron chi connectivity index (χ4n) is 2.73. The lowest BCUT2D eigenvalue weighted by molar-refractivity contribution is -0.137. The minimum absolute atomic E-state index is 0.00446. The van der Waals surface area contributed by atoms with Crippen LogP contribution in [0.1, 0.15) is 17.9 Å². The highest BCUT2D eigenvalue weighted by Gasteiger charge is 2.37. The molecule has 0 saturated carbocycles. The van der Waals surface area contributed by atoms with Crippen LogP contribution in [0.4, 0.5) is 10.1 Å². The Kier molecular flexibility index (Phi) is 3.77. The van der Waals surface area contributed by atoms with Crippen LogP contribution in [0.3, 0.4) is 0 Å². The van der Waals surface area contributed by atoms with Crippen LogP contribution in [0.5, 0.6) is 0 Å². The highest BCUT2D eigenvalue weighted by molar-refractivity contribution is 7.92. The monoisotopic (exact) mass is 336 g/mol. The number of para-hydroxylation sites is 1. The van der Waals surface area contributed by atoms with Gasteiger partial charge >= 0.3 is 5.97 Å². The van der Waals surface area contributed by atoms with Gasteiger partial charge in [0.05, 0.1) is 18.3 Å². The minimum atomic E-state index is -4.01. The molecule has 1 aliphatic heterocycles. The first-order valence-electron chi connectivity index (χ1n) is 6.83. The number of aromatic nitrogens is 1. The Hall–Kier alpha value is -2.48. The summed E-state index contributed by atoms with van der Waals surface area (Å²) in [5, 5.41) is 9.01. The molecule has 120 valence electrons. The zero-order valence-corrected chi connectivity index (χ0v) is 12.7. The number of fused-ring (bicyclic) bond motifs is 1. The van der Waals surface area contributed by atoms with Crippen LogP contribution in [0.15, 0.2) is 47.6 Å². The number of sulfonamides is 1. The van der Waals surface area contributed by atoms with Crippen molar-refractivity contribution in [3.63, 3.8) is 0 Å². The van der Waals surface area contributed by atoms with Gasteiger partial charge < -0.3 is 5.11 Å². The summed E-state index contributed by atoms with van der Waals surface area (Å²) in [5.41, 5.74) is 1.07. The quantitative estimate of drug-likeness (QED) is 0.922. The minimum Gasteiger partial charge on any atom is -0.481 e. The standard InChI is InChI=1S/C15H13FN2O4S/c16-11-6-12(8-17-7-11)23(21,22)18-9-10(5-15(19)20)13-3-1-2-4-14(13)18/h1-4,6-8,10H,5,9H2,(H,19,20)/t10-/m1/s1. The third-order valence-electron chi connectivity index (χ3n) is 3.72. The molecule has 0 fully saturated rings. The summed E-state index contributed by atoms with van der Waals surface area (Å²) in [4.78, 5) is 14.3. The molecule has 1 aromatic heterocycles. The first-order valence-corrected chi connectivity index (χ1v) is 8.27. The van der Waals surface area contributed by atoms with Gasteiger partial charge in [0.15, 0.2) is 0 Å². The molecule has 3 rings (SSSR count). The fourth-order valence-corrected chi connectivity index (χ4v) is 4.24. The van der Waals surface area contributed by atoms with E-state index in [1.807, 2.05) is 0 Å². The van der Waals surface area contributed by atoms with Crippen molar-refractivity contribution in [1.29, 1.82) is 0 Å². The van der Waals surface area contributed by atoms with E-state index in [1.165, 1.54) is 0 Å². The maximum absolute atomic E-state index is 13.3. The Balaban J connectivity index is 2.05. The van der Waals surface area contributed by atoms with E-state index in [1.54, 1.807) is 24.3 Å². The van der Waals surface area contributed by atoms with Crippen LogP contribution in [0.25, 0.3) is 0 Å². The maximum Gasteiger partial charge on any atom is 0.304 e. The summed E-state index contributed by atoms with van der Waals surface area (Å²) in [6.45, 7) is 0.00446. The van der Waals surface area contributed by atoms with Gasteiger partial charge in [-0.1, -0.05) is 18.2 Å². The molecule has 1 aliphatic rings. The zero-order chi connectivity index (χ0) is 16.6. The third kappa shape index (κ3) is 2.77. The van der Waals surface area contributed by atoms with E-state index >= 15 is 0 Å². The van der Waals surface area contributed by atoms with E-state index in [4.69, 9.17) is 5.11 Å². The van der Waals surface area contributed by atoms with E-state index in [-0.39, 0.29) is 17.9 Å². The highest BCUT2D eigenvalue weighted by Crippen LogP contribution is 2.40. The number of aliphatic carboxylic acids is 1. The van der Waals surface area contributed by atoms with Crippen LogP contribution in [0, 0.1) is 5.82 Å². The number of benzene rings is 1. The maximum atomic E-state index is 13.3. The molecule has 1 aromatic carbocycles. The number of anilines is 1. The zero-order valence-electron chi connectivity index (χ0n) is 11.9. The summed E-state index contributed by atoms with van der Waals surface area (Å²) in [6, 6.07) is 7.63. The number of nitrogens with zero attached hydrogens (tertiary/aromatic N) is 2. The van der Waals surface area contributed by atoms with Crippen molar-refractivity contribution in [1.82, 2.24) is 4.98 Å². The van der Waals surface area contributed by atoms with Crippen molar-refractivity contribution in [3.05, 3.63) is 54.1 Å². The van der Waals surface area contributed by atoms with E-state index < -0.39 is 27.7 Å². The van der Waals surface area contributed by atoms with Crippen LogP contribution < -0.4 is 4.31 Å². The first-order chi connectivity index (χ1) is 10.9. The van der Waals surface area contributed by atoms with E-state index in [0.29, 0.717) is 11.3 Å². The van der Waals surface area contributed by atoms with Gasteiger partial charge in [-0.15, -0.1) is 0 Å². The SMILES string of the molecule is O=C(O)C[C@@H]1CN(S(=O)(=O)c2cncc(F)c2)c2ccccc21. The lowest BCUT2D eigenvalue weighted by atomic mass is 9.98. The summed E-state index contributed by atoms with van der Waals surface area (Å²) in [5.74, 6) is -2.20. The summed E-state index contributed by atoms with van der Waals surface area (Å²) in [6.07, 6.45) is 1.82. The number of pyridine rings is 1. The predicted molar refractivity (Wildman–Crippen MR) is 80.2 cm³/mol. The van der Waals surface area contributed by atoms with Crippen molar-refractivity contribution < 1.29 is 22.7 Å². The molecule has 0 saturated heterocycles. The number of carboxylic acid groups (broad SMARTS) is 1. The van der Waals surface area contributed by atoms with E-state index in [9.17, 15) is 17.6 Å². The summed E-state index contributed by atoms with van der Waals surface area (Å²) < 4.78 is 39.9. The molecule has 6 nitrogen and oxygen atoms in total. The molecular weight excluding hydrogens is 323 g/mol. The van der Waals surface area contributed by atoms with Crippen molar-refractivity contribution in [2.24, 2.45) is 0 Å². The van der Waals surface area contributed by atoms with Gasteiger partial charge in [0.1, 0.15) is 10.7 Å². The summed E-state index contributed by atoms with van der Waals surface area (Å²) >= 11 is 0. The predicted octanol–water partition coefficient (Wildman–Crippen LogP) is 1.99. The molecule has 1 atom stereocenters. The van der Waals surface area contributed by atoms with Gasteiger partial charge in [0.25, 0.3) is 10.0 Å². The number of halogens is 1. The first kappa shape index (κ1) is 15.4. The van der Waals surface area contributed by atoms with E-state index in [0.717, 1.165) is 22.8 Å². The van der Waals surface area contributed by atoms with Gasteiger partial charge in [0, 0.05) is 18.7 Å². The molecule has 0 unspecified atom stereocenters. The number of carbonyl (C=O) groups is 1. The fraction of sp³-hybridized carbons (Fsp3) is 0.200. The average molecular weight is 336 g/mol. The van der Waals surface area contributed by atoms with Gasteiger partial charge in [-0.2, -0.15) is 0 Å².